The van der Waals surface area contributed by atoms with Gasteiger partial charge in [0.15, 0.2) is 0 Å². The van der Waals surface area contributed by atoms with Crippen LogP contribution in [0.5, 0.6) is 0 Å². The first-order chi connectivity index (χ1) is 9.69. The van der Waals surface area contributed by atoms with Crippen LogP contribution in [0.1, 0.15) is 28.8 Å². The molecule has 0 fully saturated rings. The standard InChI is InChI=1S/C16H13ClN2O/c17-14-8-11(9-18)4-5-13(14)10-19-15-3-1-2-12(15)6-7-16(19)20/h4-8H,1-3,10H2. The molecule has 0 saturated carbocycles. The summed E-state index contributed by atoms with van der Waals surface area (Å²) in [4.78, 5) is 12.1. The molecule has 0 saturated heterocycles. The molecule has 1 aromatic heterocycles. The summed E-state index contributed by atoms with van der Waals surface area (Å²) in [6, 6.07) is 10.8. The molecule has 3 nitrogen and oxygen atoms in total. The Labute approximate surface area is 122 Å². The molecule has 0 spiro atoms. The van der Waals surface area contributed by atoms with Gasteiger partial charge in [-0.1, -0.05) is 23.7 Å². The summed E-state index contributed by atoms with van der Waals surface area (Å²) in [6.45, 7) is 0.465. The average molecular weight is 285 g/mol. The van der Waals surface area contributed by atoms with E-state index < -0.39 is 0 Å². The van der Waals surface area contributed by atoms with E-state index in [1.165, 1.54) is 5.56 Å². The number of aryl methyl sites for hydroxylation is 1. The average Bonchev–Trinajstić information content (AvgIpc) is 2.92. The zero-order valence-electron chi connectivity index (χ0n) is 10.9. The van der Waals surface area contributed by atoms with Crippen LogP contribution >= 0.6 is 11.6 Å². The van der Waals surface area contributed by atoms with Crippen molar-refractivity contribution < 1.29 is 0 Å². The Kier molecular flexibility index (Phi) is 3.33. The molecule has 2 aromatic rings. The van der Waals surface area contributed by atoms with Gasteiger partial charge in [0, 0.05) is 16.8 Å². The highest BCUT2D eigenvalue weighted by molar-refractivity contribution is 6.31. The summed E-state index contributed by atoms with van der Waals surface area (Å²) in [5.74, 6) is 0. The fourth-order valence-corrected chi connectivity index (χ4v) is 2.96. The number of hydrogen-bond donors (Lipinski definition) is 0. The predicted molar refractivity (Wildman–Crippen MR) is 78.0 cm³/mol. The van der Waals surface area contributed by atoms with Gasteiger partial charge < -0.3 is 4.57 Å². The maximum absolute atomic E-state index is 12.1. The third-order valence-electron chi connectivity index (χ3n) is 3.76. The topological polar surface area (TPSA) is 45.8 Å². The monoisotopic (exact) mass is 284 g/mol. The molecule has 4 heteroatoms. The largest absolute Gasteiger partial charge is 0.308 e. The first kappa shape index (κ1) is 13.0. The van der Waals surface area contributed by atoms with Crippen molar-refractivity contribution in [1.82, 2.24) is 4.57 Å². The second-order valence-electron chi connectivity index (χ2n) is 5.00. The van der Waals surface area contributed by atoms with Gasteiger partial charge in [-0.3, -0.25) is 4.79 Å². The fourth-order valence-electron chi connectivity index (χ4n) is 2.72. The molecule has 1 aliphatic rings. The van der Waals surface area contributed by atoms with Crippen molar-refractivity contribution in [2.45, 2.75) is 25.8 Å². The second kappa shape index (κ2) is 5.15. The smallest absolute Gasteiger partial charge is 0.251 e. The summed E-state index contributed by atoms with van der Waals surface area (Å²) < 4.78 is 1.80. The van der Waals surface area contributed by atoms with Crippen LogP contribution in [0.4, 0.5) is 0 Å². The predicted octanol–water partition coefficient (Wildman–Crippen LogP) is 2.91. The van der Waals surface area contributed by atoms with Gasteiger partial charge in [-0.2, -0.15) is 5.26 Å². The van der Waals surface area contributed by atoms with Crippen LogP contribution in [0.25, 0.3) is 0 Å². The quantitative estimate of drug-likeness (QED) is 0.851. The minimum atomic E-state index is 0.00563. The molecule has 0 N–H and O–H groups in total. The molecule has 100 valence electrons. The van der Waals surface area contributed by atoms with E-state index in [0.717, 1.165) is 30.5 Å². The maximum Gasteiger partial charge on any atom is 0.251 e. The maximum atomic E-state index is 12.1. The third-order valence-corrected chi connectivity index (χ3v) is 4.11. The minimum absolute atomic E-state index is 0.00563. The lowest BCUT2D eigenvalue weighted by atomic mass is 10.1. The van der Waals surface area contributed by atoms with E-state index in [9.17, 15) is 4.79 Å². The first-order valence-corrected chi connectivity index (χ1v) is 6.97. The van der Waals surface area contributed by atoms with Crippen molar-refractivity contribution in [3.8, 4) is 6.07 Å². The van der Waals surface area contributed by atoms with Crippen molar-refractivity contribution in [2.75, 3.05) is 0 Å². The Morgan fingerprint density at radius 2 is 2.10 bits per heavy atom. The molecule has 3 rings (SSSR count). The van der Waals surface area contributed by atoms with Gasteiger partial charge in [0.2, 0.25) is 0 Å². The highest BCUT2D eigenvalue weighted by Crippen LogP contribution is 2.23. The van der Waals surface area contributed by atoms with Crippen LogP contribution in [0.3, 0.4) is 0 Å². The van der Waals surface area contributed by atoms with Crippen LogP contribution in [0.2, 0.25) is 5.02 Å². The van der Waals surface area contributed by atoms with Crippen LogP contribution in [-0.4, -0.2) is 4.57 Å². The third kappa shape index (κ3) is 2.23. The molecule has 20 heavy (non-hydrogen) atoms. The van der Waals surface area contributed by atoms with E-state index in [2.05, 4.69) is 6.07 Å². The SMILES string of the molecule is N#Cc1ccc(Cn2c3c(ccc2=O)CCC3)c(Cl)c1. The summed E-state index contributed by atoms with van der Waals surface area (Å²) in [5, 5.41) is 9.38. The van der Waals surface area contributed by atoms with Crippen molar-refractivity contribution in [2.24, 2.45) is 0 Å². The highest BCUT2D eigenvalue weighted by Gasteiger charge is 2.16. The van der Waals surface area contributed by atoms with Crippen molar-refractivity contribution >= 4 is 11.6 Å². The molecule has 0 unspecified atom stereocenters. The van der Waals surface area contributed by atoms with Crippen molar-refractivity contribution in [3.63, 3.8) is 0 Å². The highest BCUT2D eigenvalue weighted by atomic mass is 35.5. The van der Waals surface area contributed by atoms with Crippen molar-refractivity contribution in [1.29, 1.82) is 5.26 Å². The first-order valence-electron chi connectivity index (χ1n) is 6.59. The lowest BCUT2D eigenvalue weighted by molar-refractivity contribution is 0.707. The van der Waals surface area contributed by atoms with Crippen molar-refractivity contribution in [3.05, 3.63) is 68.1 Å². The molecule has 0 aliphatic heterocycles. The molecule has 1 aromatic carbocycles. The molecule has 0 radical (unpaired) electrons. The van der Waals surface area contributed by atoms with Gasteiger partial charge in [-0.15, -0.1) is 0 Å². The molecular formula is C16H13ClN2O. The summed E-state index contributed by atoms with van der Waals surface area (Å²) >= 11 is 6.19. The zero-order chi connectivity index (χ0) is 14.1. The number of hydrogen-bond acceptors (Lipinski definition) is 2. The number of benzene rings is 1. The summed E-state index contributed by atoms with van der Waals surface area (Å²) in [5.41, 5.74) is 3.79. The van der Waals surface area contributed by atoms with E-state index in [1.807, 2.05) is 12.1 Å². The van der Waals surface area contributed by atoms with Gasteiger partial charge in [-0.25, -0.2) is 0 Å². The number of aromatic nitrogens is 1. The molecule has 0 amide bonds. The van der Waals surface area contributed by atoms with Crippen LogP contribution in [0.15, 0.2) is 35.1 Å². The number of halogens is 1. The molecule has 1 aliphatic carbocycles. The van der Waals surface area contributed by atoms with Crippen LogP contribution in [0, 0.1) is 11.3 Å². The van der Waals surface area contributed by atoms with E-state index >= 15 is 0 Å². The van der Waals surface area contributed by atoms with E-state index in [4.69, 9.17) is 16.9 Å². The lowest BCUT2D eigenvalue weighted by Crippen LogP contribution is -2.23. The Bertz CT molecular complexity index is 771. The van der Waals surface area contributed by atoms with Gasteiger partial charge in [-0.05, 0) is 42.5 Å². The number of pyridine rings is 1. The molecule has 0 bridgehead atoms. The van der Waals surface area contributed by atoms with Crippen LogP contribution < -0.4 is 5.56 Å². The summed E-state index contributed by atoms with van der Waals surface area (Å²) in [7, 11) is 0. The van der Waals surface area contributed by atoms with Gasteiger partial charge >= 0.3 is 0 Å². The molecule has 1 heterocycles. The normalized spacial score (nSPS) is 13.0. The number of nitriles is 1. The second-order valence-corrected chi connectivity index (χ2v) is 5.41. The number of fused-ring (bicyclic) bond motifs is 1. The van der Waals surface area contributed by atoms with Gasteiger partial charge in [0.05, 0.1) is 18.2 Å². The fraction of sp³-hybridized carbons (Fsp3) is 0.250. The van der Waals surface area contributed by atoms with Gasteiger partial charge in [0.25, 0.3) is 5.56 Å². The Morgan fingerprint density at radius 1 is 1.25 bits per heavy atom. The number of rotatable bonds is 2. The lowest BCUT2D eigenvalue weighted by Gasteiger charge is -2.13. The molecular weight excluding hydrogens is 272 g/mol. The van der Waals surface area contributed by atoms with E-state index in [1.54, 1.807) is 22.8 Å². The van der Waals surface area contributed by atoms with Gasteiger partial charge in [0.1, 0.15) is 0 Å². The Hall–Kier alpha value is -2.05. The van der Waals surface area contributed by atoms with Crippen LogP contribution in [-0.2, 0) is 19.4 Å². The Morgan fingerprint density at radius 3 is 2.85 bits per heavy atom. The van der Waals surface area contributed by atoms with E-state index in [-0.39, 0.29) is 5.56 Å². The Balaban J connectivity index is 2.03. The minimum Gasteiger partial charge on any atom is -0.308 e. The number of nitrogens with zero attached hydrogens (tertiary/aromatic N) is 2. The summed E-state index contributed by atoms with van der Waals surface area (Å²) in [6.07, 6.45) is 3.08. The zero-order valence-corrected chi connectivity index (χ0v) is 11.7. The molecule has 0 atom stereocenters. The van der Waals surface area contributed by atoms with E-state index in [0.29, 0.717) is 17.1 Å².